The topological polar surface area (TPSA) is 42.4 Å². The van der Waals surface area contributed by atoms with Crippen LogP contribution in [0.15, 0.2) is 53.9 Å². The summed E-state index contributed by atoms with van der Waals surface area (Å²) in [6.45, 7) is 0.410. The quantitative estimate of drug-likeness (QED) is 0.552. The molecule has 1 amide bonds. The van der Waals surface area contributed by atoms with Gasteiger partial charge in [-0.25, -0.2) is 4.98 Å². The van der Waals surface area contributed by atoms with Gasteiger partial charge in [-0.1, -0.05) is 29.3 Å². The number of halogens is 2. The van der Waals surface area contributed by atoms with Crippen molar-refractivity contribution in [2.75, 3.05) is 12.0 Å². The molecule has 0 aliphatic rings. The van der Waals surface area contributed by atoms with E-state index in [1.807, 2.05) is 29.6 Å². The molecule has 0 radical (unpaired) electrons. The van der Waals surface area contributed by atoms with E-state index in [9.17, 15) is 4.79 Å². The number of amides is 1. The Kier molecular flexibility index (Phi) is 5.58. The van der Waals surface area contributed by atoms with E-state index in [2.05, 4.69) is 4.98 Å². The zero-order chi connectivity index (χ0) is 17.8. The summed E-state index contributed by atoms with van der Waals surface area (Å²) in [4.78, 5) is 19.9. The van der Waals surface area contributed by atoms with E-state index in [-0.39, 0.29) is 21.8 Å². The highest BCUT2D eigenvalue weighted by Crippen LogP contribution is 2.26. The van der Waals surface area contributed by atoms with Crippen LogP contribution in [-0.4, -0.2) is 18.0 Å². The summed E-state index contributed by atoms with van der Waals surface area (Å²) in [5, 5.41) is 2.45. The number of hydrogen-bond acceptors (Lipinski definition) is 4. The van der Waals surface area contributed by atoms with Crippen LogP contribution >= 0.6 is 34.5 Å². The molecule has 0 fully saturated rings. The highest BCUT2D eigenvalue weighted by molar-refractivity contribution is 7.09. The lowest BCUT2D eigenvalue weighted by Crippen LogP contribution is -2.31. The highest BCUT2D eigenvalue weighted by Gasteiger charge is 2.22. The van der Waals surface area contributed by atoms with Crippen molar-refractivity contribution >= 4 is 46.1 Å². The normalized spacial score (nSPS) is 10.5. The van der Waals surface area contributed by atoms with Gasteiger partial charge in [0.1, 0.15) is 16.6 Å². The molecule has 0 saturated carbocycles. The summed E-state index contributed by atoms with van der Waals surface area (Å²) in [5.41, 5.74) is 0.846. The Morgan fingerprint density at radius 3 is 2.56 bits per heavy atom. The van der Waals surface area contributed by atoms with Crippen molar-refractivity contribution in [3.63, 3.8) is 0 Å². The van der Waals surface area contributed by atoms with Crippen LogP contribution in [0.25, 0.3) is 0 Å². The molecule has 25 heavy (non-hydrogen) atoms. The Balaban J connectivity index is 2.00. The Labute approximate surface area is 159 Å². The molecule has 0 aliphatic heterocycles. The van der Waals surface area contributed by atoms with Gasteiger partial charge < -0.3 is 9.64 Å². The average molecular weight is 393 g/mol. The number of rotatable bonds is 5. The Morgan fingerprint density at radius 2 is 1.92 bits per heavy atom. The maximum atomic E-state index is 13.1. The van der Waals surface area contributed by atoms with E-state index in [0.717, 1.165) is 10.6 Å². The van der Waals surface area contributed by atoms with Crippen molar-refractivity contribution in [2.24, 2.45) is 0 Å². The molecule has 0 unspecified atom stereocenters. The van der Waals surface area contributed by atoms with Crippen LogP contribution in [-0.2, 0) is 6.54 Å². The summed E-state index contributed by atoms with van der Waals surface area (Å²) < 4.78 is 5.18. The summed E-state index contributed by atoms with van der Waals surface area (Å²) in [6, 6.07) is 14.3. The van der Waals surface area contributed by atoms with Gasteiger partial charge in [0.15, 0.2) is 0 Å². The first-order chi connectivity index (χ1) is 12.1. The second kappa shape index (κ2) is 7.87. The van der Waals surface area contributed by atoms with Crippen molar-refractivity contribution < 1.29 is 9.53 Å². The Morgan fingerprint density at radius 1 is 1.16 bits per heavy atom. The maximum absolute atomic E-state index is 13.1. The van der Waals surface area contributed by atoms with Crippen molar-refractivity contribution in [1.29, 1.82) is 0 Å². The molecule has 4 nitrogen and oxygen atoms in total. The second-order valence-electron chi connectivity index (χ2n) is 5.13. The molecule has 0 atom stereocenters. The molecule has 0 aliphatic carbocycles. The molecule has 1 aromatic carbocycles. The van der Waals surface area contributed by atoms with Crippen LogP contribution in [0.1, 0.15) is 15.4 Å². The van der Waals surface area contributed by atoms with E-state index >= 15 is 0 Å². The van der Waals surface area contributed by atoms with Gasteiger partial charge in [-0.15, -0.1) is 11.3 Å². The predicted octanol–water partition coefficient (Wildman–Crippen LogP) is 5.31. The SMILES string of the molecule is COc1ccc(N(Cc2cccs2)C(=O)c2nc(Cl)ccc2Cl)cc1. The first kappa shape index (κ1) is 17.7. The molecule has 3 aromatic rings. The number of carbonyl (C=O) groups is 1. The van der Waals surface area contributed by atoms with E-state index in [0.29, 0.717) is 12.3 Å². The zero-order valence-corrected chi connectivity index (χ0v) is 15.6. The van der Waals surface area contributed by atoms with Crippen LogP contribution in [0.2, 0.25) is 10.2 Å². The predicted molar refractivity (Wildman–Crippen MR) is 102 cm³/mol. The molecule has 0 spiro atoms. The Bertz CT molecular complexity index is 867. The van der Waals surface area contributed by atoms with E-state index in [4.69, 9.17) is 27.9 Å². The number of hydrogen-bond donors (Lipinski definition) is 0. The minimum absolute atomic E-state index is 0.126. The third kappa shape index (κ3) is 4.12. The third-order valence-electron chi connectivity index (χ3n) is 3.54. The van der Waals surface area contributed by atoms with Gasteiger partial charge in [-0.2, -0.15) is 0 Å². The second-order valence-corrected chi connectivity index (χ2v) is 6.96. The fourth-order valence-electron chi connectivity index (χ4n) is 2.30. The summed E-state index contributed by atoms with van der Waals surface area (Å²) in [7, 11) is 1.60. The fraction of sp³-hybridized carbons (Fsp3) is 0.111. The maximum Gasteiger partial charge on any atom is 0.278 e. The minimum Gasteiger partial charge on any atom is -0.497 e. The number of anilines is 1. The lowest BCUT2D eigenvalue weighted by molar-refractivity contribution is 0.0980. The average Bonchev–Trinajstić information content (AvgIpc) is 3.14. The molecular weight excluding hydrogens is 379 g/mol. The largest absolute Gasteiger partial charge is 0.497 e. The summed E-state index contributed by atoms with van der Waals surface area (Å²) in [6.07, 6.45) is 0. The van der Waals surface area contributed by atoms with Gasteiger partial charge >= 0.3 is 0 Å². The van der Waals surface area contributed by atoms with Crippen LogP contribution in [0.4, 0.5) is 5.69 Å². The first-order valence-corrected chi connectivity index (χ1v) is 9.02. The van der Waals surface area contributed by atoms with Gasteiger partial charge in [-0.05, 0) is 47.8 Å². The van der Waals surface area contributed by atoms with Gasteiger partial charge in [0.05, 0.1) is 18.7 Å². The van der Waals surface area contributed by atoms with Gasteiger partial charge in [0, 0.05) is 10.6 Å². The minimum atomic E-state index is -0.314. The number of benzene rings is 1. The van der Waals surface area contributed by atoms with Crippen LogP contribution < -0.4 is 9.64 Å². The van der Waals surface area contributed by atoms with Gasteiger partial charge in [-0.3, -0.25) is 4.79 Å². The lowest BCUT2D eigenvalue weighted by Gasteiger charge is -2.22. The molecule has 2 aromatic heterocycles. The standard InChI is InChI=1S/C18H14Cl2N2O2S/c1-24-13-6-4-12(5-7-13)22(11-14-3-2-10-25-14)18(23)17-15(19)8-9-16(20)21-17/h2-10H,11H2,1H3. The number of ether oxygens (including phenoxy) is 1. The molecule has 3 rings (SSSR count). The molecule has 128 valence electrons. The van der Waals surface area contributed by atoms with Gasteiger partial charge in [0.2, 0.25) is 0 Å². The molecule has 0 saturated heterocycles. The zero-order valence-electron chi connectivity index (χ0n) is 13.3. The van der Waals surface area contributed by atoms with E-state index in [1.54, 1.807) is 47.6 Å². The van der Waals surface area contributed by atoms with Crippen molar-refractivity contribution in [1.82, 2.24) is 4.98 Å². The number of methoxy groups -OCH3 is 1. The van der Waals surface area contributed by atoms with Gasteiger partial charge in [0.25, 0.3) is 5.91 Å². The highest BCUT2D eigenvalue weighted by atomic mass is 35.5. The monoisotopic (exact) mass is 392 g/mol. The molecule has 0 N–H and O–H groups in total. The van der Waals surface area contributed by atoms with Crippen molar-refractivity contribution in [3.8, 4) is 5.75 Å². The summed E-state index contributed by atoms with van der Waals surface area (Å²) >= 11 is 13.7. The first-order valence-electron chi connectivity index (χ1n) is 7.39. The third-order valence-corrected chi connectivity index (χ3v) is 4.91. The lowest BCUT2D eigenvalue weighted by atomic mass is 10.2. The number of carbonyl (C=O) groups excluding carboxylic acids is 1. The molecular formula is C18H14Cl2N2O2S. The molecule has 0 bridgehead atoms. The fourth-order valence-corrected chi connectivity index (χ4v) is 3.32. The molecule has 7 heteroatoms. The van der Waals surface area contributed by atoms with E-state index in [1.165, 1.54) is 0 Å². The number of pyridine rings is 1. The number of aromatic nitrogens is 1. The van der Waals surface area contributed by atoms with Crippen molar-refractivity contribution in [2.45, 2.75) is 6.54 Å². The molecule has 2 heterocycles. The van der Waals surface area contributed by atoms with Crippen LogP contribution in [0.3, 0.4) is 0 Å². The number of thiophene rings is 1. The van der Waals surface area contributed by atoms with Crippen molar-refractivity contribution in [3.05, 3.63) is 74.7 Å². The van der Waals surface area contributed by atoms with Crippen LogP contribution in [0.5, 0.6) is 5.75 Å². The summed E-state index contributed by atoms with van der Waals surface area (Å²) in [5.74, 6) is 0.400. The van der Waals surface area contributed by atoms with E-state index < -0.39 is 0 Å². The Hall–Kier alpha value is -2.08. The number of nitrogens with zero attached hydrogens (tertiary/aromatic N) is 2. The van der Waals surface area contributed by atoms with Crippen LogP contribution in [0, 0.1) is 0 Å². The smallest absolute Gasteiger partial charge is 0.278 e.